The van der Waals surface area contributed by atoms with Crippen LogP contribution in [0, 0.1) is 0 Å². The van der Waals surface area contributed by atoms with Crippen LogP contribution < -0.4 is 5.73 Å². The molecule has 0 radical (unpaired) electrons. The van der Waals surface area contributed by atoms with E-state index in [2.05, 4.69) is 51.8 Å². The van der Waals surface area contributed by atoms with Crippen LogP contribution in [0.1, 0.15) is 31.4 Å². The molecule has 2 atom stereocenters. The van der Waals surface area contributed by atoms with Gasteiger partial charge in [-0.3, -0.25) is 4.90 Å². The highest BCUT2D eigenvalue weighted by molar-refractivity contribution is 9.10. The average molecular weight is 375 g/mol. The minimum absolute atomic E-state index is 0.259. The molecule has 1 aromatic rings. The van der Waals surface area contributed by atoms with Gasteiger partial charge in [-0.1, -0.05) is 24.6 Å². The molecule has 21 heavy (non-hydrogen) atoms. The van der Waals surface area contributed by atoms with Gasteiger partial charge in [-0.15, -0.1) is 0 Å². The fourth-order valence-corrected chi connectivity index (χ4v) is 3.73. The van der Waals surface area contributed by atoms with E-state index in [0.29, 0.717) is 12.6 Å². The number of likely N-dealkylation sites (N-methyl/N-ethyl adjacent to an activating group) is 1. The minimum atomic E-state index is 0.259. The van der Waals surface area contributed by atoms with Gasteiger partial charge in [0.2, 0.25) is 0 Å². The molecule has 1 saturated heterocycles. The molecule has 0 bridgehead atoms. The third kappa shape index (κ3) is 4.20. The first kappa shape index (κ1) is 17.2. The van der Waals surface area contributed by atoms with Crippen LogP contribution in [-0.2, 0) is 0 Å². The van der Waals surface area contributed by atoms with Gasteiger partial charge in [0.05, 0.1) is 5.02 Å². The van der Waals surface area contributed by atoms with Crippen molar-refractivity contribution in [3.63, 3.8) is 0 Å². The van der Waals surface area contributed by atoms with Crippen molar-refractivity contribution < 1.29 is 0 Å². The lowest BCUT2D eigenvalue weighted by Gasteiger charge is -2.37. The van der Waals surface area contributed by atoms with Crippen LogP contribution in [0.3, 0.4) is 0 Å². The standard InChI is InChI=1S/C16H25BrClN3/c1-3-13-11-20(2)7-4-8-21(13)16(10-19)12-5-6-15(18)14(17)9-12/h5-6,9,13,16H,3-4,7-8,10-11,19H2,1-2H3. The highest BCUT2D eigenvalue weighted by Gasteiger charge is 2.28. The summed E-state index contributed by atoms with van der Waals surface area (Å²) in [6, 6.07) is 6.98. The largest absolute Gasteiger partial charge is 0.329 e. The van der Waals surface area contributed by atoms with E-state index in [0.717, 1.165) is 35.6 Å². The summed E-state index contributed by atoms with van der Waals surface area (Å²) in [6.07, 6.45) is 2.34. The molecule has 0 spiro atoms. The van der Waals surface area contributed by atoms with Crippen molar-refractivity contribution in [1.82, 2.24) is 9.80 Å². The van der Waals surface area contributed by atoms with Crippen LogP contribution >= 0.6 is 27.5 Å². The van der Waals surface area contributed by atoms with Gasteiger partial charge in [-0.05, 0) is 60.1 Å². The van der Waals surface area contributed by atoms with E-state index in [-0.39, 0.29) is 6.04 Å². The van der Waals surface area contributed by atoms with E-state index in [4.69, 9.17) is 17.3 Å². The molecule has 1 heterocycles. The molecule has 0 aromatic heterocycles. The molecule has 0 amide bonds. The van der Waals surface area contributed by atoms with E-state index in [1.165, 1.54) is 12.0 Å². The van der Waals surface area contributed by atoms with E-state index in [1.807, 2.05) is 6.07 Å². The van der Waals surface area contributed by atoms with Crippen molar-refractivity contribution >= 4 is 27.5 Å². The Morgan fingerprint density at radius 1 is 1.43 bits per heavy atom. The molecule has 2 N–H and O–H groups in total. The fourth-order valence-electron chi connectivity index (χ4n) is 3.22. The Hall–Kier alpha value is -0.130. The highest BCUT2D eigenvalue weighted by atomic mass is 79.9. The Labute approximate surface area is 141 Å². The fraction of sp³-hybridized carbons (Fsp3) is 0.625. The van der Waals surface area contributed by atoms with Crippen molar-refractivity contribution in [3.05, 3.63) is 33.3 Å². The van der Waals surface area contributed by atoms with Crippen LogP contribution in [0.5, 0.6) is 0 Å². The summed E-state index contributed by atoms with van der Waals surface area (Å²) in [5.74, 6) is 0. The van der Waals surface area contributed by atoms with E-state index >= 15 is 0 Å². The van der Waals surface area contributed by atoms with Crippen LogP contribution in [-0.4, -0.2) is 49.1 Å². The number of hydrogen-bond acceptors (Lipinski definition) is 3. The number of hydrogen-bond donors (Lipinski definition) is 1. The summed E-state index contributed by atoms with van der Waals surface area (Å²) >= 11 is 9.64. The van der Waals surface area contributed by atoms with Gasteiger partial charge in [0, 0.05) is 36.2 Å². The van der Waals surface area contributed by atoms with E-state index < -0.39 is 0 Å². The lowest BCUT2D eigenvalue weighted by atomic mass is 10.0. The first-order valence-corrected chi connectivity index (χ1v) is 8.83. The smallest absolute Gasteiger partial charge is 0.0548 e. The second-order valence-electron chi connectivity index (χ2n) is 5.84. The van der Waals surface area contributed by atoms with Crippen molar-refractivity contribution in [3.8, 4) is 0 Å². The predicted octanol–water partition coefficient (Wildman–Crippen LogP) is 3.52. The van der Waals surface area contributed by atoms with Crippen LogP contribution in [0.2, 0.25) is 5.02 Å². The molecule has 1 aliphatic rings. The summed E-state index contributed by atoms with van der Waals surface area (Å²) in [5.41, 5.74) is 7.37. The molecule has 0 aliphatic carbocycles. The quantitative estimate of drug-likeness (QED) is 0.875. The summed E-state index contributed by atoms with van der Waals surface area (Å²) in [4.78, 5) is 5.01. The van der Waals surface area contributed by atoms with E-state index in [1.54, 1.807) is 0 Å². The lowest BCUT2D eigenvalue weighted by Crippen LogP contribution is -2.44. The first-order valence-electron chi connectivity index (χ1n) is 7.66. The Kier molecular flexibility index (Phi) is 6.51. The molecule has 5 heteroatoms. The normalized spacial score (nSPS) is 23.0. The number of halogens is 2. The second-order valence-corrected chi connectivity index (χ2v) is 7.10. The SMILES string of the molecule is CCC1CN(C)CCCN1C(CN)c1ccc(Cl)c(Br)c1. The highest BCUT2D eigenvalue weighted by Crippen LogP contribution is 2.30. The number of rotatable bonds is 4. The van der Waals surface area contributed by atoms with Crippen molar-refractivity contribution in [2.75, 3.05) is 33.2 Å². The van der Waals surface area contributed by atoms with Gasteiger partial charge in [-0.25, -0.2) is 0 Å². The Morgan fingerprint density at radius 2 is 2.19 bits per heavy atom. The Bertz CT molecular complexity index is 469. The monoisotopic (exact) mass is 373 g/mol. The molecule has 1 fully saturated rings. The zero-order valence-corrected chi connectivity index (χ0v) is 15.2. The number of nitrogens with zero attached hydrogens (tertiary/aromatic N) is 2. The lowest BCUT2D eigenvalue weighted by molar-refractivity contribution is 0.131. The maximum absolute atomic E-state index is 6.12. The van der Waals surface area contributed by atoms with Gasteiger partial charge < -0.3 is 10.6 Å². The number of nitrogens with two attached hydrogens (primary N) is 1. The van der Waals surface area contributed by atoms with Gasteiger partial charge in [-0.2, -0.15) is 0 Å². The van der Waals surface area contributed by atoms with Crippen LogP contribution in [0.25, 0.3) is 0 Å². The summed E-state index contributed by atoms with van der Waals surface area (Å²) in [6.45, 7) is 6.28. The van der Waals surface area contributed by atoms with Crippen molar-refractivity contribution in [1.29, 1.82) is 0 Å². The van der Waals surface area contributed by atoms with Gasteiger partial charge >= 0.3 is 0 Å². The third-order valence-electron chi connectivity index (χ3n) is 4.37. The molecular formula is C16H25BrClN3. The zero-order valence-electron chi connectivity index (χ0n) is 12.9. The van der Waals surface area contributed by atoms with Gasteiger partial charge in [0.1, 0.15) is 0 Å². The molecule has 3 nitrogen and oxygen atoms in total. The van der Waals surface area contributed by atoms with Crippen molar-refractivity contribution in [2.24, 2.45) is 5.73 Å². The summed E-state index contributed by atoms with van der Waals surface area (Å²) in [5, 5.41) is 0.747. The Balaban J connectivity index is 2.27. The maximum atomic E-state index is 6.12. The van der Waals surface area contributed by atoms with Crippen LogP contribution in [0.15, 0.2) is 22.7 Å². The first-order chi connectivity index (χ1) is 10.1. The minimum Gasteiger partial charge on any atom is -0.329 e. The maximum Gasteiger partial charge on any atom is 0.0548 e. The summed E-state index contributed by atoms with van der Waals surface area (Å²) < 4.78 is 0.945. The number of benzene rings is 1. The molecular weight excluding hydrogens is 350 g/mol. The van der Waals surface area contributed by atoms with Gasteiger partial charge in [0.25, 0.3) is 0 Å². The molecule has 118 valence electrons. The topological polar surface area (TPSA) is 32.5 Å². The summed E-state index contributed by atoms with van der Waals surface area (Å²) in [7, 11) is 2.21. The van der Waals surface area contributed by atoms with Crippen LogP contribution in [0.4, 0.5) is 0 Å². The van der Waals surface area contributed by atoms with E-state index in [9.17, 15) is 0 Å². The van der Waals surface area contributed by atoms with Gasteiger partial charge in [0.15, 0.2) is 0 Å². The predicted molar refractivity (Wildman–Crippen MR) is 93.8 cm³/mol. The molecule has 2 rings (SSSR count). The Morgan fingerprint density at radius 3 is 2.81 bits per heavy atom. The average Bonchev–Trinajstić information content (AvgIpc) is 2.65. The molecule has 0 saturated carbocycles. The third-order valence-corrected chi connectivity index (χ3v) is 5.58. The zero-order chi connectivity index (χ0) is 15.4. The molecule has 2 unspecified atom stereocenters. The van der Waals surface area contributed by atoms with Crippen molar-refractivity contribution in [2.45, 2.75) is 31.8 Å². The molecule has 1 aromatic carbocycles. The molecule has 1 aliphatic heterocycles. The second kappa shape index (κ2) is 7.93.